The van der Waals surface area contributed by atoms with Crippen molar-refractivity contribution in [3.05, 3.63) is 0 Å². The van der Waals surface area contributed by atoms with Gasteiger partial charge in [0.15, 0.2) is 0 Å². The summed E-state index contributed by atoms with van der Waals surface area (Å²) in [5.74, 6) is 8.12. The third kappa shape index (κ3) is 1.90. The summed E-state index contributed by atoms with van der Waals surface area (Å²) < 4.78 is 0. The SMILES string of the molecule is CCCCC(C)C1(C)C#CC1CC. The zero-order chi connectivity index (χ0) is 9.90. The number of hydrogen-bond acceptors (Lipinski definition) is 0. The zero-order valence-corrected chi connectivity index (χ0v) is 9.48. The Balaban J connectivity index is 2.48. The highest BCUT2D eigenvalue weighted by molar-refractivity contribution is 5.29. The minimum absolute atomic E-state index is 0.337. The van der Waals surface area contributed by atoms with Gasteiger partial charge < -0.3 is 0 Å². The van der Waals surface area contributed by atoms with Crippen molar-refractivity contribution >= 4 is 0 Å². The maximum atomic E-state index is 3.38. The van der Waals surface area contributed by atoms with E-state index in [0.29, 0.717) is 11.3 Å². The molecule has 1 aliphatic carbocycles. The Bertz CT molecular complexity index is 218. The second-order valence-corrected chi connectivity index (χ2v) is 4.56. The maximum Gasteiger partial charge on any atom is 0.0449 e. The molecule has 0 aromatic heterocycles. The molecular weight excluding hydrogens is 156 g/mol. The van der Waals surface area contributed by atoms with Crippen LogP contribution >= 0.6 is 0 Å². The fourth-order valence-electron chi connectivity index (χ4n) is 2.20. The summed E-state index contributed by atoms with van der Waals surface area (Å²) in [6.07, 6.45) is 5.23. The molecule has 0 N–H and O–H groups in total. The first kappa shape index (κ1) is 10.6. The van der Waals surface area contributed by atoms with Crippen LogP contribution in [0.15, 0.2) is 0 Å². The molecule has 1 rings (SSSR count). The largest absolute Gasteiger partial charge is 0.0977 e. The summed E-state index contributed by atoms with van der Waals surface area (Å²) in [6, 6.07) is 0. The minimum Gasteiger partial charge on any atom is -0.0977 e. The molecule has 3 unspecified atom stereocenters. The molecule has 0 heteroatoms. The molecule has 74 valence electrons. The highest BCUT2D eigenvalue weighted by Crippen LogP contribution is 2.43. The first-order valence-electron chi connectivity index (χ1n) is 5.67. The minimum atomic E-state index is 0.337. The van der Waals surface area contributed by atoms with Crippen LogP contribution in [0, 0.1) is 29.1 Å². The van der Waals surface area contributed by atoms with Gasteiger partial charge in [-0.3, -0.25) is 0 Å². The van der Waals surface area contributed by atoms with E-state index in [9.17, 15) is 0 Å². The first-order valence-corrected chi connectivity index (χ1v) is 5.67. The van der Waals surface area contributed by atoms with Crippen LogP contribution in [-0.4, -0.2) is 0 Å². The lowest BCUT2D eigenvalue weighted by Crippen LogP contribution is -2.37. The molecule has 0 radical (unpaired) electrons. The van der Waals surface area contributed by atoms with Gasteiger partial charge in [0, 0.05) is 11.3 Å². The van der Waals surface area contributed by atoms with E-state index < -0.39 is 0 Å². The van der Waals surface area contributed by atoms with Crippen LogP contribution in [0.5, 0.6) is 0 Å². The average Bonchev–Trinajstić information content (AvgIpc) is 2.12. The van der Waals surface area contributed by atoms with E-state index >= 15 is 0 Å². The van der Waals surface area contributed by atoms with E-state index in [4.69, 9.17) is 0 Å². The first-order chi connectivity index (χ1) is 6.15. The van der Waals surface area contributed by atoms with Crippen LogP contribution in [0.2, 0.25) is 0 Å². The lowest BCUT2D eigenvalue weighted by Gasteiger charge is -2.40. The molecule has 3 atom stereocenters. The van der Waals surface area contributed by atoms with Gasteiger partial charge in [-0.1, -0.05) is 45.5 Å². The lowest BCUT2D eigenvalue weighted by atomic mass is 9.62. The molecule has 0 saturated heterocycles. The van der Waals surface area contributed by atoms with Gasteiger partial charge in [0.2, 0.25) is 0 Å². The van der Waals surface area contributed by atoms with Gasteiger partial charge in [0.25, 0.3) is 0 Å². The molecule has 0 bridgehead atoms. The van der Waals surface area contributed by atoms with Gasteiger partial charge >= 0.3 is 0 Å². The van der Waals surface area contributed by atoms with Gasteiger partial charge in [-0.15, -0.1) is 0 Å². The van der Waals surface area contributed by atoms with Gasteiger partial charge in [-0.25, -0.2) is 0 Å². The third-order valence-electron chi connectivity index (χ3n) is 3.66. The van der Waals surface area contributed by atoms with E-state index in [1.807, 2.05) is 0 Å². The molecule has 0 heterocycles. The molecule has 1 aliphatic rings. The molecule has 0 saturated carbocycles. The fourth-order valence-corrected chi connectivity index (χ4v) is 2.20. The van der Waals surface area contributed by atoms with Crippen molar-refractivity contribution in [1.82, 2.24) is 0 Å². The van der Waals surface area contributed by atoms with Gasteiger partial charge in [-0.2, -0.15) is 0 Å². The van der Waals surface area contributed by atoms with Crippen LogP contribution < -0.4 is 0 Å². The van der Waals surface area contributed by atoms with Crippen LogP contribution in [0.4, 0.5) is 0 Å². The zero-order valence-electron chi connectivity index (χ0n) is 9.48. The van der Waals surface area contributed by atoms with E-state index in [1.165, 1.54) is 25.7 Å². The Morgan fingerprint density at radius 3 is 2.46 bits per heavy atom. The summed E-state index contributed by atoms with van der Waals surface area (Å²) in [7, 11) is 0. The Hall–Kier alpha value is -0.440. The van der Waals surface area contributed by atoms with E-state index in [2.05, 4.69) is 39.5 Å². The van der Waals surface area contributed by atoms with Crippen molar-refractivity contribution in [2.75, 3.05) is 0 Å². The molecule has 0 aromatic rings. The summed E-state index contributed by atoms with van der Waals surface area (Å²) in [5.41, 5.74) is 0.337. The van der Waals surface area contributed by atoms with Crippen molar-refractivity contribution in [2.24, 2.45) is 17.3 Å². The normalized spacial score (nSPS) is 33.1. The molecule has 0 spiro atoms. The smallest absolute Gasteiger partial charge is 0.0449 e. The number of rotatable bonds is 5. The Labute approximate surface area is 83.1 Å². The van der Waals surface area contributed by atoms with Crippen molar-refractivity contribution in [1.29, 1.82) is 0 Å². The maximum absolute atomic E-state index is 3.38. The summed E-state index contributed by atoms with van der Waals surface area (Å²) in [5, 5.41) is 0. The molecule has 0 fully saturated rings. The van der Waals surface area contributed by atoms with Crippen molar-refractivity contribution in [3.8, 4) is 11.8 Å². The van der Waals surface area contributed by atoms with E-state index in [0.717, 1.165) is 5.92 Å². The Kier molecular flexibility index (Phi) is 3.42. The Morgan fingerprint density at radius 1 is 1.38 bits per heavy atom. The molecule has 0 aliphatic heterocycles. The molecule has 0 aromatic carbocycles. The molecule has 0 nitrogen and oxygen atoms in total. The second-order valence-electron chi connectivity index (χ2n) is 4.56. The molecular formula is C13H22. The summed E-state index contributed by atoms with van der Waals surface area (Å²) in [6.45, 7) is 9.23. The standard InChI is InChI=1S/C13H22/c1-5-7-8-11(3)13(4)10-9-12(13)6-2/h11-12H,5-8H2,1-4H3. The predicted octanol–water partition coefficient (Wildman–Crippen LogP) is 3.86. The monoisotopic (exact) mass is 178 g/mol. The van der Waals surface area contributed by atoms with Crippen LogP contribution in [0.3, 0.4) is 0 Å². The Morgan fingerprint density at radius 2 is 2.08 bits per heavy atom. The third-order valence-corrected chi connectivity index (χ3v) is 3.66. The number of unbranched alkanes of at least 4 members (excludes halogenated alkanes) is 1. The quantitative estimate of drug-likeness (QED) is 0.561. The van der Waals surface area contributed by atoms with Crippen LogP contribution in [-0.2, 0) is 0 Å². The van der Waals surface area contributed by atoms with Crippen molar-refractivity contribution < 1.29 is 0 Å². The second kappa shape index (κ2) is 4.18. The fraction of sp³-hybridized carbons (Fsp3) is 0.846. The van der Waals surface area contributed by atoms with Gasteiger partial charge in [-0.05, 0) is 25.7 Å². The highest BCUT2D eigenvalue weighted by Gasteiger charge is 2.40. The lowest BCUT2D eigenvalue weighted by molar-refractivity contribution is 0.181. The predicted molar refractivity (Wildman–Crippen MR) is 58.4 cm³/mol. The van der Waals surface area contributed by atoms with E-state index in [-0.39, 0.29) is 0 Å². The summed E-state index contributed by atoms with van der Waals surface area (Å²) in [4.78, 5) is 0. The topological polar surface area (TPSA) is 0 Å². The van der Waals surface area contributed by atoms with Crippen LogP contribution in [0.25, 0.3) is 0 Å². The summed E-state index contributed by atoms with van der Waals surface area (Å²) >= 11 is 0. The van der Waals surface area contributed by atoms with Crippen molar-refractivity contribution in [2.45, 2.75) is 53.4 Å². The van der Waals surface area contributed by atoms with Crippen molar-refractivity contribution in [3.63, 3.8) is 0 Å². The van der Waals surface area contributed by atoms with Gasteiger partial charge in [0.05, 0.1) is 0 Å². The van der Waals surface area contributed by atoms with Crippen LogP contribution in [0.1, 0.15) is 53.4 Å². The number of hydrogen-bond donors (Lipinski definition) is 0. The van der Waals surface area contributed by atoms with Gasteiger partial charge in [0.1, 0.15) is 0 Å². The highest BCUT2D eigenvalue weighted by atomic mass is 14.4. The van der Waals surface area contributed by atoms with E-state index in [1.54, 1.807) is 0 Å². The molecule has 13 heavy (non-hydrogen) atoms. The average molecular weight is 178 g/mol. The molecule has 0 amide bonds.